The molecule has 0 spiro atoms. The number of amides is 1. The fourth-order valence-electron chi connectivity index (χ4n) is 3.37. The summed E-state index contributed by atoms with van der Waals surface area (Å²) in [6.45, 7) is 0.597. The lowest BCUT2D eigenvalue weighted by Gasteiger charge is -2.18. The van der Waals surface area contributed by atoms with E-state index < -0.39 is 0 Å². The Hall–Kier alpha value is -3.31. The molecule has 0 aliphatic carbocycles. The molecule has 0 radical (unpaired) electrons. The van der Waals surface area contributed by atoms with Gasteiger partial charge in [-0.1, -0.05) is 78.6 Å². The molecule has 0 saturated carbocycles. The molecule has 1 aliphatic rings. The first-order chi connectivity index (χ1) is 12.8. The van der Waals surface area contributed by atoms with Crippen LogP contribution in [0.3, 0.4) is 0 Å². The van der Waals surface area contributed by atoms with Crippen LogP contribution < -0.4 is 4.90 Å². The zero-order chi connectivity index (χ0) is 17.8. The van der Waals surface area contributed by atoms with Crippen molar-refractivity contribution in [1.29, 1.82) is 0 Å². The van der Waals surface area contributed by atoms with Crippen LogP contribution in [0.25, 0.3) is 0 Å². The van der Waals surface area contributed by atoms with Gasteiger partial charge in [0, 0.05) is 17.7 Å². The van der Waals surface area contributed by atoms with Gasteiger partial charge in [-0.2, -0.15) is 0 Å². The van der Waals surface area contributed by atoms with Crippen LogP contribution in [0.1, 0.15) is 29.0 Å². The molecule has 3 aromatic rings. The molecule has 3 aromatic carbocycles. The van der Waals surface area contributed by atoms with E-state index in [1.54, 1.807) is 0 Å². The van der Waals surface area contributed by atoms with E-state index in [1.165, 1.54) is 0 Å². The van der Waals surface area contributed by atoms with E-state index in [1.807, 2.05) is 77.7 Å². The molecular weight excluding hydrogens is 318 g/mol. The normalized spacial score (nSPS) is 15.3. The number of hydrogen-bond acceptors (Lipinski definition) is 1. The highest BCUT2D eigenvalue weighted by molar-refractivity contribution is 6.05. The quantitative estimate of drug-likeness (QED) is 0.631. The molecule has 1 amide bonds. The summed E-state index contributed by atoms with van der Waals surface area (Å²) < 4.78 is 0. The van der Waals surface area contributed by atoms with Crippen molar-refractivity contribution in [3.63, 3.8) is 0 Å². The van der Waals surface area contributed by atoms with Crippen molar-refractivity contribution in [2.45, 2.75) is 18.9 Å². The first-order valence-electron chi connectivity index (χ1n) is 8.81. The molecule has 126 valence electrons. The third kappa shape index (κ3) is 3.25. The second-order valence-electron chi connectivity index (χ2n) is 6.39. The molecule has 4 rings (SSSR count). The van der Waals surface area contributed by atoms with Crippen molar-refractivity contribution in [3.05, 3.63) is 102 Å². The zero-order valence-corrected chi connectivity index (χ0v) is 14.4. The summed E-state index contributed by atoms with van der Waals surface area (Å²) in [4.78, 5) is 15.0. The molecule has 1 aliphatic heterocycles. The van der Waals surface area contributed by atoms with Crippen molar-refractivity contribution in [2.75, 3.05) is 4.90 Å². The van der Waals surface area contributed by atoms with Gasteiger partial charge in [-0.15, -0.1) is 0 Å². The molecule has 0 aromatic heterocycles. The highest BCUT2D eigenvalue weighted by atomic mass is 16.2. The lowest BCUT2D eigenvalue weighted by molar-refractivity contribution is -0.119. The zero-order valence-electron chi connectivity index (χ0n) is 14.4. The number of rotatable bonds is 3. The van der Waals surface area contributed by atoms with E-state index in [9.17, 15) is 4.79 Å². The number of benzene rings is 3. The van der Waals surface area contributed by atoms with Crippen molar-refractivity contribution in [1.82, 2.24) is 0 Å². The number of carbonyl (C=O) groups is 1. The highest BCUT2D eigenvalue weighted by Gasteiger charge is 2.36. The molecular formula is C24H19NO. The summed E-state index contributed by atoms with van der Waals surface area (Å²) in [6, 6.07) is 28.1. The van der Waals surface area contributed by atoms with Crippen LogP contribution in [0.2, 0.25) is 0 Å². The Balaban J connectivity index is 1.58. The van der Waals surface area contributed by atoms with Gasteiger partial charge in [0.1, 0.15) is 0 Å². The van der Waals surface area contributed by atoms with Crippen LogP contribution in [-0.2, 0) is 11.3 Å². The van der Waals surface area contributed by atoms with E-state index in [4.69, 9.17) is 0 Å². The predicted octanol–water partition coefficient (Wildman–Crippen LogP) is 4.76. The van der Waals surface area contributed by atoms with Gasteiger partial charge in [-0.05, 0) is 29.3 Å². The Kier molecular flexibility index (Phi) is 4.53. The Morgan fingerprint density at radius 3 is 2.23 bits per heavy atom. The van der Waals surface area contributed by atoms with Crippen LogP contribution >= 0.6 is 0 Å². The highest BCUT2D eigenvalue weighted by Crippen LogP contribution is 2.39. The Morgan fingerprint density at radius 1 is 0.808 bits per heavy atom. The minimum atomic E-state index is -0.189. The maximum atomic E-state index is 13.1. The molecule has 1 heterocycles. The monoisotopic (exact) mass is 337 g/mol. The van der Waals surface area contributed by atoms with Crippen molar-refractivity contribution in [3.8, 4) is 11.8 Å². The number of anilines is 1. The van der Waals surface area contributed by atoms with Crippen LogP contribution in [0.4, 0.5) is 5.69 Å². The third-order valence-electron chi connectivity index (χ3n) is 4.66. The average Bonchev–Trinajstić information content (AvgIpc) is 2.96. The van der Waals surface area contributed by atoms with Gasteiger partial charge in [0.2, 0.25) is 5.91 Å². The van der Waals surface area contributed by atoms with Crippen LogP contribution in [0.15, 0.2) is 84.9 Å². The van der Waals surface area contributed by atoms with Gasteiger partial charge >= 0.3 is 0 Å². The van der Waals surface area contributed by atoms with E-state index in [2.05, 4.69) is 24.0 Å². The minimum absolute atomic E-state index is 0.136. The standard InChI is InChI=1S/C24H19NO/c26-24-22(16-9-14-19-10-3-1-4-11-19)21-15-7-8-17-23(21)25(24)18-20-12-5-2-6-13-20/h1-8,10-13,15,17,22H,16,18H2. The summed E-state index contributed by atoms with van der Waals surface area (Å²) in [7, 11) is 0. The number of hydrogen-bond donors (Lipinski definition) is 0. The van der Waals surface area contributed by atoms with Crippen LogP contribution in [0.5, 0.6) is 0 Å². The Labute approximate surface area is 154 Å². The molecule has 1 unspecified atom stereocenters. The number of fused-ring (bicyclic) bond motifs is 1. The Morgan fingerprint density at radius 2 is 1.46 bits per heavy atom. The summed E-state index contributed by atoms with van der Waals surface area (Å²) in [5.41, 5.74) is 4.20. The fraction of sp³-hybridized carbons (Fsp3) is 0.125. The molecule has 0 bridgehead atoms. The van der Waals surface area contributed by atoms with Gasteiger partial charge in [-0.25, -0.2) is 0 Å². The number of para-hydroxylation sites is 1. The summed E-state index contributed by atoms with van der Waals surface area (Å²) in [6.07, 6.45) is 0.538. The van der Waals surface area contributed by atoms with Gasteiger partial charge in [-0.3, -0.25) is 4.79 Å². The third-order valence-corrected chi connectivity index (χ3v) is 4.66. The molecule has 2 heteroatoms. The largest absolute Gasteiger partial charge is 0.307 e. The average molecular weight is 337 g/mol. The van der Waals surface area contributed by atoms with E-state index in [0.29, 0.717) is 13.0 Å². The van der Waals surface area contributed by atoms with Crippen molar-refractivity contribution in [2.24, 2.45) is 0 Å². The fourth-order valence-corrected chi connectivity index (χ4v) is 3.37. The van der Waals surface area contributed by atoms with Crippen molar-refractivity contribution < 1.29 is 4.79 Å². The van der Waals surface area contributed by atoms with Gasteiger partial charge in [0.25, 0.3) is 0 Å². The van der Waals surface area contributed by atoms with Crippen LogP contribution in [-0.4, -0.2) is 5.91 Å². The molecule has 1 atom stereocenters. The lowest BCUT2D eigenvalue weighted by Crippen LogP contribution is -2.28. The summed E-state index contributed by atoms with van der Waals surface area (Å²) in [5.74, 6) is 6.32. The minimum Gasteiger partial charge on any atom is -0.307 e. The SMILES string of the molecule is O=C1C(CC#Cc2ccccc2)c2ccccc2N1Cc1ccccc1. The van der Waals surface area contributed by atoms with Gasteiger partial charge in [0.05, 0.1) is 12.5 Å². The second-order valence-corrected chi connectivity index (χ2v) is 6.39. The molecule has 0 fully saturated rings. The number of nitrogens with zero attached hydrogens (tertiary/aromatic N) is 1. The summed E-state index contributed by atoms with van der Waals surface area (Å²) >= 11 is 0. The summed E-state index contributed by atoms with van der Waals surface area (Å²) in [5, 5.41) is 0. The first kappa shape index (κ1) is 16.2. The van der Waals surface area contributed by atoms with E-state index in [0.717, 1.165) is 22.4 Å². The van der Waals surface area contributed by atoms with E-state index in [-0.39, 0.29) is 11.8 Å². The van der Waals surface area contributed by atoms with Gasteiger partial charge < -0.3 is 4.90 Å². The Bertz CT molecular complexity index is 967. The second kappa shape index (κ2) is 7.29. The maximum absolute atomic E-state index is 13.1. The molecule has 26 heavy (non-hydrogen) atoms. The number of carbonyl (C=O) groups excluding carboxylic acids is 1. The molecule has 2 nitrogen and oxygen atoms in total. The van der Waals surface area contributed by atoms with Gasteiger partial charge in [0.15, 0.2) is 0 Å². The smallest absolute Gasteiger partial charge is 0.235 e. The topological polar surface area (TPSA) is 20.3 Å². The lowest BCUT2D eigenvalue weighted by atomic mass is 9.97. The maximum Gasteiger partial charge on any atom is 0.235 e. The van der Waals surface area contributed by atoms with Crippen LogP contribution in [0, 0.1) is 11.8 Å². The molecule has 0 saturated heterocycles. The first-order valence-corrected chi connectivity index (χ1v) is 8.81. The van der Waals surface area contributed by atoms with Crippen molar-refractivity contribution >= 4 is 11.6 Å². The van der Waals surface area contributed by atoms with E-state index >= 15 is 0 Å². The molecule has 0 N–H and O–H groups in total. The predicted molar refractivity (Wildman–Crippen MR) is 105 cm³/mol.